The second-order valence-electron chi connectivity index (χ2n) is 5.76. The van der Waals surface area contributed by atoms with E-state index in [9.17, 15) is 13.2 Å². The minimum absolute atomic E-state index is 0.243. The van der Waals surface area contributed by atoms with E-state index in [1.807, 2.05) is 43.3 Å². The highest BCUT2D eigenvalue weighted by Gasteiger charge is 2.20. The van der Waals surface area contributed by atoms with E-state index in [4.69, 9.17) is 11.6 Å². The number of nitrogens with one attached hydrogen (secondary N) is 1. The van der Waals surface area contributed by atoms with Crippen LogP contribution >= 0.6 is 23.4 Å². The number of hydrogen-bond acceptors (Lipinski definition) is 4. The zero-order valence-corrected chi connectivity index (χ0v) is 17.0. The maximum Gasteiger partial charge on any atom is 0.240 e. The molecule has 0 spiro atoms. The molecule has 8 heteroatoms. The van der Waals surface area contributed by atoms with Gasteiger partial charge in [-0.05, 0) is 43.3 Å². The van der Waals surface area contributed by atoms with Gasteiger partial charge in [-0.2, -0.15) is 0 Å². The summed E-state index contributed by atoms with van der Waals surface area (Å²) in [6, 6.07) is 14.5. The lowest BCUT2D eigenvalue weighted by molar-refractivity contribution is -0.119. The molecule has 2 aromatic carbocycles. The molecule has 0 atom stereocenters. The highest BCUT2D eigenvalue weighted by Crippen LogP contribution is 2.20. The summed E-state index contributed by atoms with van der Waals surface area (Å²) in [5, 5.41) is 3.44. The van der Waals surface area contributed by atoms with Crippen LogP contribution in [0.1, 0.15) is 5.56 Å². The van der Waals surface area contributed by atoms with Crippen LogP contribution in [0.15, 0.2) is 53.4 Å². The summed E-state index contributed by atoms with van der Waals surface area (Å²) in [7, 11) is -3.55. The van der Waals surface area contributed by atoms with Crippen LogP contribution in [0, 0.1) is 6.92 Å². The van der Waals surface area contributed by atoms with E-state index in [1.54, 1.807) is 23.9 Å². The molecule has 0 fully saturated rings. The molecule has 2 rings (SSSR count). The molecule has 0 bridgehead atoms. The van der Waals surface area contributed by atoms with Crippen molar-refractivity contribution in [1.82, 2.24) is 5.32 Å². The number of hydrogen-bond donors (Lipinski definition) is 1. The van der Waals surface area contributed by atoms with Crippen LogP contribution in [0.2, 0.25) is 5.02 Å². The van der Waals surface area contributed by atoms with E-state index in [0.717, 1.165) is 21.0 Å². The maximum absolute atomic E-state index is 12.2. The fraction of sp³-hybridized carbons (Fsp3) is 0.278. The number of carbonyl (C=O) groups excluding carboxylic acids is 1. The molecule has 0 aliphatic heterocycles. The van der Waals surface area contributed by atoms with Gasteiger partial charge < -0.3 is 5.32 Å². The van der Waals surface area contributed by atoms with Crippen LogP contribution in [0.5, 0.6) is 0 Å². The van der Waals surface area contributed by atoms with Crippen molar-refractivity contribution in [3.8, 4) is 0 Å². The first kappa shape index (κ1) is 20.6. The summed E-state index contributed by atoms with van der Waals surface area (Å²) in [5.41, 5.74) is 1.50. The molecule has 0 aliphatic carbocycles. The number of thioether (sulfide) groups is 1. The largest absolute Gasteiger partial charge is 0.354 e. The Bertz CT molecular complexity index is 838. The van der Waals surface area contributed by atoms with Gasteiger partial charge in [-0.15, -0.1) is 11.8 Å². The molecule has 5 nitrogen and oxygen atoms in total. The number of anilines is 1. The average Bonchev–Trinajstić information content (AvgIpc) is 2.58. The number of carbonyl (C=O) groups is 1. The van der Waals surface area contributed by atoms with Gasteiger partial charge >= 0.3 is 0 Å². The van der Waals surface area contributed by atoms with Gasteiger partial charge in [0.05, 0.1) is 11.9 Å². The first-order valence-corrected chi connectivity index (χ1v) is 11.2. The quantitative estimate of drug-likeness (QED) is 0.533. The predicted octanol–water partition coefficient (Wildman–Crippen LogP) is 3.32. The monoisotopic (exact) mass is 412 g/mol. The molecule has 26 heavy (non-hydrogen) atoms. The molecule has 0 saturated heterocycles. The molecular formula is C18H21ClN2O3S2. The molecule has 1 N–H and O–H groups in total. The molecule has 1 amide bonds. The van der Waals surface area contributed by atoms with Gasteiger partial charge in [0.2, 0.25) is 15.9 Å². The van der Waals surface area contributed by atoms with Crippen LogP contribution in [-0.2, 0) is 14.8 Å². The highest BCUT2D eigenvalue weighted by molar-refractivity contribution is 7.99. The van der Waals surface area contributed by atoms with Crippen LogP contribution in [0.3, 0.4) is 0 Å². The highest BCUT2D eigenvalue weighted by atomic mass is 35.5. The number of aryl methyl sites for hydroxylation is 1. The lowest BCUT2D eigenvalue weighted by Gasteiger charge is -2.22. The molecule has 0 aliphatic rings. The Hall–Kier alpha value is -1.70. The Labute approximate surface area is 163 Å². The van der Waals surface area contributed by atoms with Crippen LogP contribution in [0.25, 0.3) is 0 Å². The molecular weight excluding hydrogens is 392 g/mol. The van der Waals surface area contributed by atoms with E-state index >= 15 is 0 Å². The third kappa shape index (κ3) is 6.55. The van der Waals surface area contributed by atoms with E-state index in [1.165, 1.54) is 0 Å². The lowest BCUT2D eigenvalue weighted by atomic mass is 10.2. The van der Waals surface area contributed by atoms with E-state index < -0.39 is 10.0 Å². The van der Waals surface area contributed by atoms with Crippen LogP contribution < -0.4 is 9.62 Å². The number of amides is 1. The molecule has 0 heterocycles. The maximum atomic E-state index is 12.2. The zero-order valence-electron chi connectivity index (χ0n) is 14.6. The molecule has 0 aromatic heterocycles. The van der Waals surface area contributed by atoms with Crippen molar-refractivity contribution < 1.29 is 13.2 Å². The number of sulfonamides is 1. The van der Waals surface area contributed by atoms with Crippen molar-refractivity contribution in [2.75, 3.05) is 29.4 Å². The average molecular weight is 413 g/mol. The van der Waals surface area contributed by atoms with Gasteiger partial charge in [0, 0.05) is 22.2 Å². The van der Waals surface area contributed by atoms with Gasteiger partial charge in [0.15, 0.2) is 0 Å². The Morgan fingerprint density at radius 1 is 1.12 bits per heavy atom. The lowest BCUT2D eigenvalue weighted by Crippen LogP contribution is -2.41. The Balaban J connectivity index is 1.87. The van der Waals surface area contributed by atoms with Gasteiger partial charge in [-0.3, -0.25) is 9.10 Å². The number of rotatable bonds is 8. The van der Waals surface area contributed by atoms with Gasteiger partial charge in [0.1, 0.15) is 6.54 Å². The second kappa shape index (κ2) is 9.30. The predicted molar refractivity (Wildman–Crippen MR) is 109 cm³/mol. The molecule has 0 unspecified atom stereocenters. The number of halogens is 1. The third-order valence-corrected chi connectivity index (χ3v) is 5.92. The smallest absolute Gasteiger partial charge is 0.240 e. The van der Waals surface area contributed by atoms with Crippen molar-refractivity contribution in [1.29, 1.82) is 0 Å². The van der Waals surface area contributed by atoms with Crippen molar-refractivity contribution in [2.24, 2.45) is 0 Å². The molecule has 140 valence electrons. The summed E-state index contributed by atoms with van der Waals surface area (Å²) in [5.74, 6) is 0.337. The van der Waals surface area contributed by atoms with Gasteiger partial charge in [-0.25, -0.2) is 8.42 Å². The summed E-state index contributed by atoms with van der Waals surface area (Å²) >= 11 is 7.43. The minimum Gasteiger partial charge on any atom is -0.354 e. The van der Waals surface area contributed by atoms with Gasteiger partial charge in [-0.1, -0.05) is 29.3 Å². The topological polar surface area (TPSA) is 66.5 Å². The van der Waals surface area contributed by atoms with E-state index in [-0.39, 0.29) is 12.5 Å². The summed E-state index contributed by atoms with van der Waals surface area (Å²) in [6.45, 7) is 2.12. The summed E-state index contributed by atoms with van der Waals surface area (Å²) < 4.78 is 25.2. The van der Waals surface area contributed by atoms with E-state index in [2.05, 4.69) is 5.32 Å². The fourth-order valence-electron chi connectivity index (χ4n) is 2.19. The first-order valence-electron chi connectivity index (χ1n) is 7.95. The molecule has 2 aromatic rings. The third-order valence-electron chi connectivity index (χ3n) is 3.52. The standard InChI is InChI=1S/C18H21ClN2O3S2/c1-14-3-7-16(8-4-14)21(26(2,23)24)13-18(22)20-11-12-25-17-9-5-15(19)6-10-17/h3-10H,11-13H2,1-2H3,(H,20,22). The van der Waals surface area contributed by atoms with Crippen molar-refractivity contribution in [2.45, 2.75) is 11.8 Å². The van der Waals surface area contributed by atoms with Crippen molar-refractivity contribution in [3.63, 3.8) is 0 Å². The Morgan fingerprint density at radius 2 is 1.73 bits per heavy atom. The molecule has 0 saturated carbocycles. The van der Waals surface area contributed by atoms with Crippen molar-refractivity contribution >= 4 is 45.0 Å². The summed E-state index contributed by atoms with van der Waals surface area (Å²) in [4.78, 5) is 13.2. The van der Waals surface area contributed by atoms with Crippen LogP contribution in [0.4, 0.5) is 5.69 Å². The Morgan fingerprint density at radius 3 is 2.31 bits per heavy atom. The number of nitrogens with zero attached hydrogens (tertiary/aromatic N) is 1. The fourth-order valence-corrected chi connectivity index (χ4v) is 3.94. The summed E-state index contributed by atoms with van der Waals surface area (Å²) in [6.07, 6.45) is 1.09. The van der Waals surface area contributed by atoms with E-state index in [0.29, 0.717) is 23.0 Å². The molecule has 0 radical (unpaired) electrons. The zero-order chi connectivity index (χ0) is 19.2. The first-order chi connectivity index (χ1) is 12.3. The second-order valence-corrected chi connectivity index (χ2v) is 9.27. The SMILES string of the molecule is Cc1ccc(N(CC(=O)NCCSc2ccc(Cl)cc2)S(C)(=O)=O)cc1. The van der Waals surface area contributed by atoms with Gasteiger partial charge in [0.25, 0.3) is 0 Å². The normalized spacial score (nSPS) is 11.2. The number of benzene rings is 2. The van der Waals surface area contributed by atoms with Crippen LogP contribution in [-0.4, -0.2) is 39.4 Å². The minimum atomic E-state index is -3.55. The Kier molecular flexibility index (Phi) is 7.37. The van der Waals surface area contributed by atoms with Crippen molar-refractivity contribution in [3.05, 3.63) is 59.1 Å².